The van der Waals surface area contributed by atoms with Crippen molar-refractivity contribution in [2.75, 3.05) is 18.5 Å². The zero-order chi connectivity index (χ0) is 21.6. The van der Waals surface area contributed by atoms with Gasteiger partial charge in [0.05, 0.1) is 10.5 Å². The van der Waals surface area contributed by atoms with Gasteiger partial charge in [-0.25, -0.2) is 0 Å². The number of carbonyl (C=O) groups is 2. The number of nitro benzene ring substituents is 1. The van der Waals surface area contributed by atoms with Gasteiger partial charge in [0.15, 0.2) is 6.61 Å². The van der Waals surface area contributed by atoms with E-state index in [4.69, 9.17) is 4.74 Å². The van der Waals surface area contributed by atoms with Gasteiger partial charge in [0.25, 0.3) is 11.6 Å². The maximum absolute atomic E-state index is 12.7. The summed E-state index contributed by atoms with van der Waals surface area (Å²) in [4.78, 5) is 33.6. The van der Waals surface area contributed by atoms with E-state index in [9.17, 15) is 32.9 Å². The van der Waals surface area contributed by atoms with E-state index >= 15 is 0 Å². The Morgan fingerprint density at radius 1 is 1.24 bits per heavy atom. The van der Waals surface area contributed by atoms with Crippen LogP contribution in [0.15, 0.2) is 18.2 Å². The highest BCUT2D eigenvalue weighted by Crippen LogP contribution is 2.34. The first-order valence-electron chi connectivity index (χ1n) is 9.10. The van der Waals surface area contributed by atoms with Crippen molar-refractivity contribution in [1.82, 2.24) is 5.32 Å². The molecule has 0 aromatic heterocycles. The lowest BCUT2D eigenvalue weighted by molar-refractivity contribution is -0.384. The molecule has 0 radical (unpaired) electrons. The molecule has 0 atom stereocenters. The minimum absolute atomic E-state index is 0.0466. The average molecular weight is 417 g/mol. The molecule has 1 fully saturated rings. The summed E-state index contributed by atoms with van der Waals surface area (Å²) in [5.74, 6) is -0.689. The highest BCUT2D eigenvalue weighted by atomic mass is 19.4. The summed E-state index contributed by atoms with van der Waals surface area (Å²) >= 11 is 0. The van der Waals surface area contributed by atoms with Crippen LogP contribution in [0.1, 0.15) is 38.2 Å². The predicted molar refractivity (Wildman–Crippen MR) is 97.1 cm³/mol. The highest BCUT2D eigenvalue weighted by molar-refractivity contribution is 5.82. The lowest BCUT2D eigenvalue weighted by Gasteiger charge is -2.26. The van der Waals surface area contributed by atoms with Crippen LogP contribution < -0.4 is 10.6 Å². The first-order valence-corrected chi connectivity index (χ1v) is 9.10. The molecule has 0 bridgehead atoms. The summed E-state index contributed by atoms with van der Waals surface area (Å²) in [6.07, 6.45) is -0.979. The van der Waals surface area contributed by atoms with E-state index in [-0.39, 0.29) is 11.7 Å². The van der Waals surface area contributed by atoms with Crippen LogP contribution in [0.2, 0.25) is 0 Å². The number of carbonyl (C=O) groups excluding carboxylic acids is 2. The Bertz CT molecular complexity index is 762. The molecule has 0 spiro atoms. The molecule has 0 aliphatic heterocycles. The Kier molecular flexibility index (Phi) is 7.40. The third-order valence-electron chi connectivity index (χ3n) is 4.69. The first kappa shape index (κ1) is 22.4. The zero-order valence-electron chi connectivity index (χ0n) is 15.8. The van der Waals surface area contributed by atoms with Crippen LogP contribution in [0.5, 0.6) is 0 Å². The Hall–Kier alpha value is -2.85. The van der Waals surface area contributed by atoms with Crippen molar-refractivity contribution in [3.8, 4) is 0 Å². The maximum Gasteiger partial charge on any atom is 0.416 e. The van der Waals surface area contributed by atoms with E-state index in [2.05, 4.69) is 17.6 Å². The Labute approximate surface area is 164 Å². The quantitative estimate of drug-likeness (QED) is 0.400. The van der Waals surface area contributed by atoms with E-state index in [1.807, 2.05) is 0 Å². The van der Waals surface area contributed by atoms with Crippen LogP contribution in [-0.4, -0.2) is 36.0 Å². The third-order valence-corrected chi connectivity index (χ3v) is 4.69. The molecule has 0 heterocycles. The van der Waals surface area contributed by atoms with Crippen LogP contribution in [-0.2, 0) is 20.5 Å². The number of ether oxygens (including phenoxy) is 1. The molecule has 11 heteroatoms. The summed E-state index contributed by atoms with van der Waals surface area (Å²) in [6.45, 7) is 1.11. The summed E-state index contributed by atoms with van der Waals surface area (Å²) in [6, 6.07) is 1.96. The van der Waals surface area contributed by atoms with Gasteiger partial charge in [-0.3, -0.25) is 19.7 Å². The largest absolute Gasteiger partial charge is 0.454 e. The average Bonchev–Trinajstić information content (AvgIpc) is 2.65. The number of halogens is 3. The van der Waals surface area contributed by atoms with Gasteiger partial charge >= 0.3 is 12.1 Å². The molecule has 2 N–H and O–H groups in total. The standard InChI is InChI=1S/C18H22F3N3O5/c1-11-2-5-13(6-3-11)23-16(25)10-29-17(26)9-22-14-7-4-12(18(19,20)21)8-15(14)24(27)28/h4,7-8,11,13,22H,2-3,5-6,9-10H2,1H3,(H,23,25). The van der Waals surface area contributed by atoms with Crippen molar-refractivity contribution >= 4 is 23.3 Å². The van der Waals surface area contributed by atoms with Gasteiger partial charge in [-0.05, 0) is 43.7 Å². The van der Waals surface area contributed by atoms with Crippen molar-refractivity contribution in [1.29, 1.82) is 0 Å². The summed E-state index contributed by atoms with van der Waals surface area (Å²) < 4.78 is 42.9. The Morgan fingerprint density at radius 3 is 2.48 bits per heavy atom. The van der Waals surface area contributed by atoms with Crippen molar-refractivity contribution in [3.05, 3.63) is 33.9 Å². The Balaban J connectivity index is 1.82. The molecular weight excluding hydrogens is 395 g/mol. The lowest BCUT2D eigenvalue weighted by Crippen LogP contribution is -2.40. The first-order chi connectivity index (χ1) is 13.6. The number of benzene rings is 1. The van der Waals surface area contributed by atoms with Crippen LogP contribution in [0, 0.1) is 16.0 Å². The molecule has 1 saturated carbocycles. The SMILES string of the molecule is CC1CCC(NC(=O)COC(=O)CNc2ccc(C(F)(F)F)cc2[N+](=O)[O-])CC1. The number of esters is 1. The molecule has 1 amide bonds. The molecule has 0 unspecified atom stereocenters. The molecular formula is C18H22F3N3O5. The van der Waals surface area contributed by atoms with Gasteiger partial charge < -0.3 is 15.4 Å². The number of hydrogen-bond acceptors (Lipinski definition) is 6. The van der Waals surface area contributed by atoms with E-state index < -0.39 is 47.4 Å². The second-order valence-electron chi connectivity index (χ2n) is 7.03. The minimum Gasteiger partial charge on any atom is -0.454 e. The second-order valence-corrected chi connectivity index (χ2v) is 7.03. The van der Waals surface area contributed by atoms with Crippen LogP contribution in [0.3, 0.4) is 0 Å². The van der Waals surface area contributed by atoms with Gasteiger partial charge in [0, 0.05) is 12.1 Å². The highest BCUT2D eigenvalue weighted by Gasteiger charge is 2.33. The number of nitro groups is 1. The van der Waals surface area contributed by atoms with Gasteiger partial charge in [-0.15, -0.1) is 0 Å². The van der Waals surface area contributed by atoms with E-state index in [1.54, 1.807) is 0 Å². The number of nitrogens with one attached hydrogen (secondary N) is 2. The van der Waals surface area contributed by atoms with Crippen LogP contribution >= 0.6 is 0 Å². The van der Waals surface area contributed by atoms with Gasteiger partial charge in [-0.2, -0.15) is 13.2 Å². The normalized spacial score (nSPS) is 19.3. The molecule has 1 aromatic carbocycles. The fourth-order valence-corrected chi connectivity index (χ4v) is 3.05. The number of anilines is 1. The van der Waals surface area contributed by atoms with Gasteiger partial charge in [0.1, 0.15) is 12.2 Å². The number of nitrogens with zero attached hydrogens (tertiary/aromatic N) is 1. The summed E-state index contributed by atoms with van der Waals surface area (Å²) in [5, 5.41) is 16.1. The predicted octanol–water partition coefficient (Wildman–Crippen LogP) is 3.26. The monoisotopic (exact) mass is 417 g/mol. The number of amides is 1. The molecule has 0 saturated heterocycles. The Morgan fingerprint density at radius 2 is 1.90 bits per heavy atom. The molecule has 8 nitrogen and oxygen atoms in total. The summed E-state index contributed by atoms with van der Waals surface area (Å²) in [7, 11) is 0. The maximum atomic E-state index is 12.7. The van der Waals surface area contributed by atoms with Crippen molar-refractivity contribution < 1.29 is 32.4 Å². The van der Waals surface area contributed by atoms with Gasteiger partial charge in [-0.1, -0.05) is 6.92 Å². The van der Waals surface area contributed by atoms with Crippen LogP contribution in [0.25, 0.3) is 0 Å². The molecule has 2 rings (SSSR count). The fourth-order valence-electron chi connectivity index (χ4n) is 3.05. The molecule has 1 aromatic rings. The van der Waals surface area contributed by atoms with E-state index in [0.29, 0.717) is 18.1 Å². The lowest BCUT2D eigenvalue weighted by atomic mass is 9.87. The van der Waals surface area contributed by atoms with Gasteiger partial charge in [0.2, 0.25) is 0 Å². The minimum atomic E-state index is -4.73. The smallest absolute Gasteiger partial charge is 0.416 e. The fraction of sp³-hybridized carbons (Fsp3) is 0.556. The van der Waals surface area contributed by atoms with E-state index in [1.165, 1.54) is 0 Å². The molecule has 29 heavy (non-hydrogen) atoms. The topological polar surface area (TPSA) is 111 Å². The summed E-state index contributed by atoms with van der Waals surface area (Å²) in [5.41, 5.74) is -2.26. The van der Waals surface area contributed by atoms with Crippen molar-refractivity contribution in [2.24, 2.45) is 5.92 Å². The number of alkyl halides is 3. The molecule has 1 aliphatic rings. The third kappa shape index (κ3) is 6.91. The number of hydrogen-bond donors (Lipinski definition) is 2. The van der Waals surface area contributed by atoms with Crippen molar-refractivity contribution in [3.63, 3.8) is 0 Å². The molecule has 1 aliphatic carbocycles. The number of rotatable bonds is 7. The second kappa shape index (κ2) is 9.57. The van der Waals surface area contributed by atoms with Crippen molar-refractivity contribution in [2.45, 2.75) is 44.8 Å². The van der Waals surface area contributed by atoms with E-state index in [0.717, 1.165) is 31.7 Å². The van der Waals surface area contributed by atoms with Crippen LogP contribution in [0.4, 0.5) is 24.5 Å². The zero-order valence-corrected chi connectivity index (χ0v) is 15.8. The molecule has 160 valence electrons.